The predicted octanol–water partition coefficient (Wildman–Crippen LogP) is 4.79. The molecular formula is C23H28BrN3O. The van der Waals surface area contributed by atoms with Crippen LogP contribution in [0.3, 0.4) is 0 Å². The van der Waals surface area contributed by atoms with Gasteiger partial charge in [-0.1, -0.05) is 47.2 Å². The number of nitrogens with zero attached hydrogens (tertiary/aromatic N) is 3. The Morgan fingerprint density at radius 1 is 1.21 bits per heavy atom. The lowest BCUT2D eigenvalue weighted by atomic mass is 9.97. The fraction of sp³-hybridized carbons (Fsp3) is 0.478. The summed E-state index contributed by atoms with van der Waals surface area (Å²) in [5.74, 6) is 3.03. The van der Waals surface area contributed by atoms with Gasteiger partial charge in [0.05, 0.1) is 0 Å². The summed E-state index contributed by atoms with van der Waals surface area (Å²) in [6.07, 6.45) is 17.9. The molecule has 0 saturated heterocycles. The summed E-state index contributed by atoms with van der Waals surface area (Å²) in [4.78, 5) is 21.8. The molecule has 5 heteroatoms. The van der Waals surface area contributed by atoms with Crippen molar-refractivity contribution in [2.24, 2.45) is 22.7 Å². The molecule has 0 N–H and O–H groups in total. The normalized spacial score (nSPS) is 28.1. The maximum Gasteiger partial charge on any atom is 0.257 e. The Morgan fingerprint density at radius 3 is 2.71 bits per heavy atom. The van der Waals surface area contributed by atoms with E-state index in [0.717, 1.165) is 41.3 Å². The second-order valence-electron chi connectivity index (χ2n) is 8.22. The van der Waals surface area contributed by atoms with Crippen LogP contribution in [0.15, 0.2) is 63.4 Å². The van der Waals surface area contributed by atoms with E-state index >= 15 is 0 Å². The van der Waals surface area contributed by atoms with Crippen LogP contribution in [0.2, 0.25) is 0 Å². The maximum atomic E-state index is 12.9. The highest BCUT2D eigenvalue weighted by molar-refractivity contribution is 9.11. The summed E-state index contributed by atoms with van der Waals surface area (Å²) >= 11 is 3.60. The van der Waals surface area contributed by atoms with Crippen molar-refractivity contribution in [1.82, 2.24) is 9.80 Å². The molecule has 4 nitrogen and oxygen atoms in total. The molecule has 2 aliphatic carbocycles. The molecule has 0 bridgehead atoms. The first kappa shape index (κ1) is 19.4. The smallest absolute Gasteiger partial charge is 0.257 e. The first-order valence-corrected chi connectivity index (χ1v) is 11.1. The van der Waals surface area contributed by atoms with E-state index in [4.69, 9.17) is 4.99 Å². The van der Waals surface area contributed by atoms with Crippen molar-refractivity contribution in [3.05, 3.63) is 58.4 Å². The Hall–Kier alpha value is -1.88. The largest absolute Gasteiger partial charge is 0.330 e. The zero-order valence-electron chi connectivity index (χ0n) is 16.6. The molecule has 4 rings (SSSR count). The molecule has 148 valence electrons. The van der Waals surface area contributed by atoms with Crippen LogP contribution in [-0.4, -0.2) is 41.2 Å². The van der Waals surface area contributed by atoms with Crippen LogP contribution in [0.5, 0.6) is 0 Å². The van der Waals surface area contributed by atoms with Gasteiger partial charge in [0, 0.05) is 37.6 Å². The van der Waals surface area contributed by atoms with Gasteiger partial charge in [-0.05, 0) is 60.1 Å². The van der Waals surface area contributed by atoms with Crippen LogP contribution in [0.1, 0.15) is 33.1 Å². The number of dihydropyridines is 1. The first-order chi connectivity index (χ1) is 13.5. The molecule has 0 aromatic carbocycles. The van der Waals surface area contributed by atoms with Crippen LogP contribution in [0.4, 0.5) is 0 Å². The Labute approximate surface area is 176 Å². The van der Waals surface area contributed by atoms with Gasteiger partial charge in [0.2, 0.25) is 0 Å². The molecule has 2 atom stereocenters. The van der Waals surface area contributed by atoms with Gasteiger partial charge >= 0.3 is 0 Å². The van der Waals surface area contributed by atoms with E-state index in [9.17, 15) is 4.79 Å². The summed E-state index contributed by atoms with van der Waals surface area (Å²) < 4.78 is 1.13. The number of amidine groups is 1. The van der Waals surface area contributed by atoms with Gasteiger partial charge in [-0.25, -0.2) is 0 Å². The van der Waals surface area contributed by atoms with Crippen molar-refractivity contribution in [3.8, 4) is 0 Å². The molecule has 0 aromatic heterocycles. The number of hydrogen-bond acceptors (Lipinski definition) is 3. The zero-order chi connectivity index (χ0) is 19.7. The Balaban J connectivity index is 1.42. The lowest BCUT2D eigenvalue weighted by Gasteiger charge is -2.33. The van der Waals surface area contributed by atoms with Crippen LogP contribution in [-0.2, 0) is 4.79 Å². The maximum absolute atomic E-state index is 12.9. The lowest BCUT2D eigenvalue weighted by Crippen LogP contribution is -2.42. The summed E-state index contributed by atoms with van der Waals surface area (Å²) in [6.45, 7) is 6.68. The number of carbonyl (C=O) groups excluding carboxylic acids is 1. The topological polar surface area (TPSA) is 35.9 Å². The van der Waals surface area contributed by atoms with E-state index in [0.29, 0.717) is 18.4 Å². The van der Waals surface area contributed by atoms with Gasteiger partial charge in [0.15, 0.2) is 0 Å². The van der Waals surface area contributed by atoms with Gasteiger partial charge in [-0.3, -0.25) is 9.79 Å². The Kier molecular flexibility index (Phi) is 5.72. The summed E-state index contributed by atoms with van der Waals surface area (Å²) in [7, 11) is 0. The minimum absolute atomic E-state index is 0.0462. The highest BCUT2D eigenvalue weighted by Crippen LogP contribution is 2.39. The molecule has 2 aliphatic heterocycles. The average Bonchev–Trinajstić information content (AvgIpc) is 3.54. The fourth-order valence-corrected chi connectivity index (χ4v) is 4.29. The highest BCUT2D eigenvalue weighted by atomic mass is 79.9. The van der Waals surface area contributed by atoms with Crippen molar-refractivity contribution in [2.45, 2.75) is 33.1 Å². The minimum Gasteiger partial charge on any atom is -0.330 e. The molecular weight excluding hydrogens is 414 g/mol. The number of hydrogen-bond donors (Lipinski definition) is 0. The van der Waals surface area contributed by atoms with E-state index in [1.165, 1.54) is 18.4 Å². The molecule has 0 spiro atoms. The van der Waals surface area contributed by atoms with E-state index in [1.54, 1.807) is 4.90 Å². The van der Waals surface area contributed by atoms with Gasteiger partial charge in [-0.2, -0.15) is 0 Å². The van der Waals surface area contributed by atoms with Gasteiger partial charge in [0.1, 0.15) is 5.84 Å². The van der Waals surface area contributed by atoms with Crippen LogP contribution >= 0.6 is 15.9 Å². The second kappa shape index (κ2) is 8.24. The fourth-order valence-electron chi connectivity index (χ4n) is 3.97. The number of carbonyl (C=O) groups is 1. The van der Waals surface area contributed by atoms with Crippen molar-refractivity contribution in [1.29, 1.82) is 0 Å². The van der Waals surface area contributed by atoms with E-state index in [-0.39, 0.29) is 5.91 Å². The molecule has 0 aromatic rings. The number of aliphatic imine (C=N–C) groups is 1. The van der Waals surface area contributed by atoms with Gasteiger partial charge in [-0.15, -0.1) is 0 Å². The van der Waals surface area contributed by atoms with Crippen molar-refractivity contribution in [2.75, 3.05) is 19.6 Å². The summed E-state index contributed by atoms with van der Waals surface area (Å²) in [6, 6.07) is 0. The zero-order valence-corrected chi connectivity index (χ0v) is 18.2. The molecule has 1 amide bonds. The third-order valence-corrected chi connectivity index (χ3v) is 7.01. The third kappa shape index (κ3) is 4.24. The highest BCUT2D eigenvalue weighted by Gasteiger charge is 2.32. The van der Waals surface area contributed by atoms with Crippen LogP contribution < -0.4 is 0 Å². The predicted molar refractivity (Wildman–Crippen MR) is 118 cm³/mol. The van der Waals surface area contributed by atoms with Gasteiger partial charge in [0.25, 0.3) is 5.91 Å². The molecule has 0 radical (unpaired) electrons. The number of allylic oxidation sites excluding steroid dienone is 4. The van der Waals surface area contributed by atoms with Crippen LogP contribution in [0, 0.1) is 17.8 Å². The molecule has 28 heavy (non-hydrogen) atoms. The van der Waals surface area contributed by atoms with Crippen molar-refractivity contribution < 1.29 is 4.79 Å². The molecule has 4 aliphatic rings. The van der Waals surface area contributed by atoms with Gasteiger partial charge < -0.3 is 9.80 Å². The first-order valence-electron chi connectivity index (χ1n) is 10.3. The SMILES string of the molecule is CC1=CC(C2CC2)CN=C1N1C=CN(C(=O)C2=CC=C(Br)[C@H](C)CC=C2)CC1. The van der Waals surface area contributed by atoms with E-state index < -0.39 is 0 Å². The summed E-state index contributed by atoms with van der Waals surface area (Å²) in [5.41, 5.74) is 1.99. The molecule has 1 unspecified atom stereocenters. The average molecular weight is 442 g/mol. The standard InChI is InChI=1S/C23H28BrN3O/c1-16-4-3-5-19(8-9-21(16)24)23(28)27-12-10-26(11-13-27)22-17(2)14-20(15-25-22)18-6-7-18/h3,5,8-10,12,14,16,18,20H,4,6-7,11,13,15H2,1-2H3/t16-,20?/m1/s1. The number of amides is 1. The van der Waals surface area contributed by atoms with Crippen LogP contribution in [0.25, 0.3) is 0 Å². The monoisotopic (exact) mass is 441 g/mol. The van der Waals surface area contributed by atoms with Crippen molar-refractivity contribution in [3.63, 3.8) is 0 Å². The van der Waals surface area contributed by atoms with E-state index in [2.05, 4.69) is 46.8 Å². The summed E-state index contributed by atoms with van der Waals surface area (Å²) in [5, 5.41) is 0. The van der Waals surface area contributed by atoms with E-state index in [1.807, 2.05) is 30.6 Å². The number of rotatable bonds is 2. The number of halogens is 1. The molecule has 1 fully saturated rings. The Bertz CT molecular complexity index is 829. The lowest BCUT2D eigenvalue weighted by molar-refractivity contribution is -0.124. The quantitative estimate of drug-likeness (QED) is 0.617. The second-order valence-corrected chi connectivity index (χ2v) is 9.13. The molecule has 2 heterocycles. The van der Waals surface area contributed by atoms with Crippen molar-refractivity contribution >= 4 is 27.7 Å². The Morgan fingerprint density at radius 2 is 2.04 bits per heavy atom. The third-order valence-electron chi connectivity index (χ3n) is 5.96. The minimum atomic E-state index is 0.0462. The molecule has 1 saturated carbocycles.